The van der Waals surface area contributed by atoms with E-state index in [1.165, 1.54) is 0 Å². The van der Waals surface area contributed by atoms with Crippen LogP contribution in [0.2, 0.25) is 0 Å². The van der Waals surface area contributed by atoms with Gasteiger partial charge in [-0.3, -0.25) is 9.78 Å². The first-order valence-corrected chi connectivity index (χ1v) is 7.22. The Hall–Kier alpha value is -2.43. The van der Waals surface area contributed by atoms with Gasteiger partial charge in [0.15, 0.2) is 0 Å². The molecule has 0 radical (unpaired) electrons. The zero-order valence-electron chi connectivity index (χ0n) is 11.7. The molecule has 2 aromatic heterocycles. The van der Waals surface area contributed by atoms with E-state index in [0.717, 1.165) is 30.6 Å². The first kappa shape index (κ1) is 13.5. The second-order valence-corrected chi connectivity index (χ2v) is 5.22. The van der Waals surface area contributed by atoms with Crippen molar-refractivity contribution in [1.82, 2.24) is 9.97 Å². The lowest BCUT2D eigenvalue weighted by atomic mass is 9.85. The van der Waals surface area contributed by atoms with Gasteiger partial charge in [0, 0.05) is 12.1 Å². The molecule has 1 aliphatic carbocycles. The molecule has 0 aliphatic heterocycles. The van der Waals surface area contributed by atoms with Gasteiger partial charge in [0.05, 0.1) is 24.1 Å². The van der Waals surface area contributed by atoms with Crippen LogP contribution in [0.1, 0.15) is 25.0 Å². The van der Waals surface area contributed by atoms with Gasteiger partial charge in [-0.2, -0.15) is 0 Å². The number of hydrogen-bond donors (Lipinski definition) is 2. The summed E-state index contributed by atoms with van der Waals surface area (Å²) in [7, 11) is 0. The highest BCUT2D eigenvalue weighted by Gasteiger charge is 2.25. The van der Waals surface area contributed by atoms with Crippen LogP contribution in [0.25, 0.3) is 0 Å². The summed E-state index contributed by atoms with van der Waals surface area (Å²) in [5.74, 6) is 0.868. The molecule has 0 bridgehead atoms. The van der Waals surface area contributed by atoms with Crippen LogP contribution in [0.4, 0.5) is 11.5 Å². The standard InChI is InChI=1S/C16H18N4O/c21-16(12-4-3-5-12)20-15-8-7-14(11-19-15)18-10-13-6-1-2-9-17-13/h1-2,6-9,11-12,18H,3-5,10H2,(H,19,20,21). The summed E-state index contributed by atoms with van der Waals surface area (Å²) in [5, 5.41) is 6.10. The lowest BCUT2D eigenvalue weighted by Gasteiger charge is -2.23. The second kappa shape index (κ2) is 6.35. The lowest BCUT2D eigenvalue weighted by Crippen LogP contribution is -2.28. The van der Waals surface area contributed by atoms with E-state index < -0.39 is 0 Å². The van der Waals surface area contributed by atoms with Gasteiger partial charge in [-0.15, -0.1) is 0 Å². The third-order valence-electron chi connectivity index (χ3n) is 3.69. The lowest BCUT2D eigenvalue weighted by molar-refractivity contribution is -0.122. The largest absolute Gasteiger partial charge is 0.378 e. The van der Waals surface area contributed by atoms with E-state index in [4.69, 9.17) is 0 Å². The van der Waals surface area contributed by atoms with Crippen LogP contribution in [0.5, 0.6) is 0 Å². The average molecular weight is 282 g/mol. The molecule has 5 heteroatoms. The van der Waals surface area contributed by atoms with E-state index in [1.807, 2.05) is 30.3 Å². The Morgan fingerprint density at radius 2 is 2.10 bits per heavy atom. The van der Waals surface area contributed by atoms with Crippen LogP contribution >= 0.6 is 0 Å². The minimum atomic E-state index is 0.0861. The van der Waals surface area contributed by atoms with Crippen molar-refractivity contribution < 1.29 is 4.79 Å². The van der Waals surface area contributed by atoms with Gasteiger partial charge in [-0.05, 0) is 37.1 Å². The SMILES string of the molecule is O=C(Nc1ccc(NCc2ccccn2)cn1)C1CCC1. The Morgan fingerprint density at radius 1 is 1.19 bits per heavy atom. The fourth-order valence-corrected chi connectivity index (χ4v) is 2.17. The van der Waals surface area contributed by atoms with Gasteiger partial charge >= 0.3 is 0 Å². The molecule has 0 saturated heterocycles. The number of pyridine rings is 2. The maximum absolute atomic E-state index is 11.8. The Morgan fingerprint density at radius 3 is 2.71 bits per heavy atom. The zero-order valence-corrected chi connectivity index (χ0v) is 11.7. The molecule has 5 nitrogen and oxygen atoms in total. The summed E-state index contributed by atoms with van der Waals surface area (Å²) < 4.78 is 0. The van der Waals surface area contributed by atoms with Gasteiger partial charge < -0.3 is 10.6 Å². The van der Waals surface area contributed by atoms with Crippen molar-refractivity contribution in [2.45, 2.75) is 25.8 Å². The minimum absolute atomic E-state index is 0.0861. The third kappa shape index (κ3) is 3.56. The maximum Gasteiger partial charge on any atom is 0.228 e. The smallest absolute Gasteiger partial charge is 0.228 e. The molecule has 1 saturated carbocycles. The molecule has 0 spiro atoms. The summed E-state index contributed by atoms with van der Waals surface area (Å²) in [4.78, 5) is 20.3. The molecule has 2 N–H and O–H groups in total. The van der Waals surface area contributed by atoms with Gasteiger partial charge in [0.2, 0.25) is 5.91 Å². The molecule has 2 aromatic rings. The number of aromatic nitrogens is 2. The second-order valence-electron chi connectivity index (χ2n) is 5.22. The Kier molecular flexibility index (Phi) is 4.09. The quantitative estimate of drug-likeness (QED) is 0.885. The normalized spacial score (nSPS) is 14.3. The monoisotopic (exact) mass is 282 g/mol. The number of carbonyl (C=O) groups excluding carboxylic acids is 1. The Balaban J connectivity index is 1.52. The minimum Gasteiger partial charge on any atom is -0.378 e. The molecule has 2 heterocycles. The van der Waals surface area contributed by atoms with E-state index in [-0.39, 0.29) is 11.8 Å². The number of hydrogen-bond acceptors (Lipinski definition) is 4. The molecular formula is C16H18N4O. The summed E-state index contributed by atoms with van der Waals surface area (Å²) in [5.41, 5.74) is 1.88. The highest BCUT2D eigenvalue weighted by molar-refractivity contribution is 5.92. The molecule has 1 fully saturated rings. The Bertz CT molecular complexity index is 593. The number of anilines is 2. The van der Waals surface area contributed by atoms with Crippen molar-refractivity contribution in [1.29, 1.82) is 0 Å². The summed E-state index contributed by atoms with van der Waals surface area (Å²) in [6, 6.07) is 9.54. The van der Waals surface area contributed by atoms with Crippen molar-refractivity contribution in [2.75, 3.05) is 10.6 Å². The van der Waals surface area contributed by atoms with Crippen LogP contribution in [-0.2, 0) is 11.3 Å². The van der Waals surface area contributed by atoms with Crippen molar-refractivity contribution in [3.8, 4) is 0 Å². The maximum atomic E-state index is 11.8. The number of amides is 1. The number of nitrogens with zero attached hydrogens (tertiary/aromatic N) is 2. The topological polar surface area (TPSA) is 66.9 Å². The molecule has 3 rings (SSSR count). The van der Waals surface area contributed by atoms with Crippen LogP contribution in [0, 0.1) is 5.92 Å². The van der Waals surface area contributed by atoms with Crippen molar-refractivity contribution in [3.05, 3.63) is 48.4 Å². The molecule has 0 aromatic carbocycles. The van der Waals surface area contributed by atoms with E-state index in [1.54, 1.807) is 12.4 Å². The van der Waals surface area contributed by atoms with Gasteiger partial charge in [0.25, 0.3) is 0 Å². The third-order valence-corrected chi connectivity index (χ3v) is 3.69. The van der Waals surface area contributed by atoms with Gasteiger partial charge in [-0.25, -0.2) is 4.98 Å². The van der Waals surface area contributed by atoms with E-state index >= 15 is 0 Å². The molecule has 0 atom stereocenters. The fourth-order valence-electron chi connectivity index (χ4n) is 2.17. The summed E-state index contributed by atoms with van der Waals surface area (Å²) in [6.07, 6.45) is 6.64. The van der Waals surface area contributed by atoms with Crippen molar-refractivity contribution in [3.63, 3.8) is 0 Å². The van der Waals surface area contributed by atoms with E-state index in [2.05, 4.69) is 20.6 Å². The van der Waals surface area contributed by atoms with Gasteiger partial charge in [-0.1, -0.05) is 12.5 Å². The van der Waals surface area contributed by atoms with Crippen molar-refractivity contribution >= 4 is 17.4 Å². The van der Waals surface area contributed by atoms with Crippen molar-refractivity contribution in [2.24, 2.45) is 5.92 Å². The highest BCUT2D eigenvalue weighted by atomic mass is 16.2. The molecule has 1 amide bonds. The molecule has 1 aliphatic rings. The van der Waals surface area contributed by atoms with Crippen LogP contribution in [-0.4, -0.2) is 15.9 Å². The zero-order chi connectivity index (χ0) is 14.5. The van der Waals surface area contributed by atoms with E-state index in [0.29, 0.717) is 12.4 Å². The molecule has 108 valence electrons. The summed E-state index contributed by atoms with van der Waals surface area (Å²) in [6.45, 7) is 0.649. The van der Waals surface area contributed by atoms with Crippen LogP contribution in [0.15, 0.2) is 42.7 Å². The first-order valence-electron chi connectivity index (χ1n) is 7.22. The number of carbonyl (C=O) groups is 1. The first-order chi connectivity index (χ1) is 10.3. The fraction of sp³-hybridized carbons (Fsp3) is 0.312. The number of nitrogens with one attached hydrogen (secondary N) is 2. The summed E-state index contributed by atoms with van der Waals surface area (Å²) >= 11 is 0. The average Bonchev–Trinajstić information content (AvgIpc) is 2.46. The Labute approximate surface area is 123 Å². The van der Waals surface area contributed by atoms with Crippen LogP contribution < -0.4 is 10.6 Å². The van der Waals surface area contributed by atoms with E-state index in [9.17, 15) is 4.79 Å². The molecule has 21 heavy (non-hydrogen) atoms. The molecule has 0 unspecified atom stereocenters. The predicted octanol–water partition coefficient (Wildman–Crippen LogP) is 2.83. The number of rotatable bonds is 5. The molecular weight excluding hydrogens is 264 g/mol. The highest BCUT2D eigenvalue weighted by Crippen LogP contribution is 2.27. The predicted molar refractivity (Wildman–Crippen MR) is 81.8 cm³/mol. The van der Waals surface area contributed by atoms with Crippen LogP contribution in [0.3, 0.4) is 0 Å². The van der Waals surface area contributed by atoms with Gasteiger partial charge in [0.1, 0.15) is 5.82 Å².